The van der Waals surface area contributed by atoms with E-state index >= 15 is 0 Å². The van der Waals surface area contributed by atoms with Gasteiger partial charge in [0.2, 0.25) is 11.8 Å². The molecule has 0 spiro atoms. The number of thioether (sulfide) groups is 1. The van der Waals surface area contributed by atoms with Crippen LogP contribution in [0, 0.1) is 11.8 Å². The van der Waals surface area contributed by atoms with E-state index in [0.717, 1.165) is 44.8 Å². The number of rotatable bonds is 4. The third-order valence-electron chi connectivity index (χ3n) is 4.93. The van der Waals surface area contributed by atoms with Crippen molar-refractivity contribution in [1.29, 1.82) is 0 Å². The highest BCUT2D eigenvalue weighted by Crippen LogP contribution is 2.30. The first kappa shape index (κ1) is 15.2. The summed E-state index contributed by atoms with van der Waals surface area (Å²) in [6, 6.07) is -0.217. The van der Waals surface area contributed by atoms with Gasteiger partial charge in [0.15, 0.2) is 0 Å². The van der Waals surface area contributed by atoms with Gasteiger partial charge >= 0.3 is 0 Å². The van der Waals surface area contributed by atoms with Crippen LogP contribution in [-0.2, 0) is 9.59 Å². The van der Waals surface area contributed by atoms with Gasteiger partial charge in [-0.2, -0.15) is 0 Å². The van der Waals surface area contributed by atoms with Crippen LogP contribution in [0.3, 0.4) is 0 Å². The fourth-order valence-electron chi connectivity index (χ4n) is 3.61. The maximum atomic E-state index is 12.8. The van der Waals surface area contributed by atoms with Crippen LogP contribution >= 0.6 is 11.8 Å². The monoisotopic (exact) mass is 311 g/mol. The van der Waals surface area contributed by atoms with Gasteiger partial charge in [-0.15, -0.1) is 11.8 Å². The predicted octanol–water partition coefficient (Wildman–Crippen LogP) is 0.756. The number of carbonyl (C=O) groups is 2. The highest BCUT2D eigenvalue weighted by molar-refractivity contribution is 7.99. The molecule has 3 rings (SSSR count). The molecule has 3 heterocycles. The van der Waals surface area contributed by atoms with Crippen molar-refractivity contribution in [3.8, 4) is 0 Å². The molecule has 0 saturated carbocycles. The van der Waals surface area contributed by atoms with Crippen LogP contribution in [0.15, 0.2) is 0 Å². The number of nitrogens with one attached hydrogen (secondary N) is 1. The zero-order valence-corrected chi connectivity index (χ0v) is 13.5. The Bertz CT molecular complexity index is 406. The molecule has 0 aromatic rings. The lowest BCUT2D eigenvalue weighted by atomic mass is 10.0. The second-order valence-corrected chi connectivity index (χ2v) is 7.40. The summed E-state index contributed by atoms with van der Waals surface area (Å²) in [5, 5.41) is 3.40. The van der Waals surface area contributed by atoms with E-state index in [1.807, 2.05) is 9.80 Å². The smallest absolute Gasteiger partial charge is 0.246 e. The maximum absolute atomic E-state index is 12.8. The van der Waals surface area contributed by atoms with Crippen LogP contribution in [0.5, 0.6) is 0 Å². The Morgan fingerprint density at radius 3 is 2.62 bits per heavy atom. The lowest BCUT2D eigenvalue weighted by Crippen LogP contribution is -2.48. The molecule has 0 bridgehead atoms. The molecule has 0 aromatic carbocycles. The fourth-order valence-corrected chi connectivity index (χ4v) is 4.78. The van der Waals surface area contributed by atoms with E-state index in [1.54, 1.807) is 11.8 Å². The molecule has 2 amide bonds. The Balaban J connectivity index is 1.59. The van der Waals surface area contributed by atoms with Crippen molar-refractivity contribution in [2.75, 3.05) is 37.8 Å². The lowest BCUT2D eigenvalue weighted by Gasteiger charge is -2.27. The molecule has 21 heavy (non-hydrogen) atoms. The SMILES string of the molecule is CCCCC(=O)N1CSCC1C(=O)N1C[C@H]2CNC[C@H]2C1. The van der Waals surface area contributed by atoms with Crippen molar-refractivity contribution in [2.45, 2.75) is 32.2 Å². The van der Waals surface area contributed by atoms with Crippen molar-refractivity contribution in [3.05, 3.63) is 0 Å². The molecule has 1 unspecified atom stereocenters. The fraction of sp³-hybridized carbons (Fsp3) is 0.867. The zero-order chi connectivity index (χ0) is 14.8. The first-order chi connectivity index (χ1) is 10.2. The normalized spacial score (nSPS) is 31.8. The molecule has 3 saturated heterocycles. The topological polar surface area (TPSA) is 52.7 Å². The quantitative estimate of drug-likeness (QED) is 0.833. The van der Waals surface area contributed by atoms with Gasteiger partial charge in [0.05, 0.1) is 5.88 Å². The van der Waals surface area contributed by atoms with E-state index < -0.39 is 0 Å². The summed E-state index contributed by atoms with van der Waals surface area (Å²) in [4.78, 5) is 28.8. The summed E-state index contributed by atoms with van der Waals surface area (Å²) in [5.74, 6) is 3.02. The molecule has 3 aliphatic rings. The Kier molecular flexibility index (Phi) is 4.74. The van der Waals surface area contributed by atoms with Crippen molar-refractivity contribution in [2.24, 2.45) is 11.8 Å². The number of hydrogen-bond acceptors (Lipinski definition) is 4. The van der Waals surface area contributed by atoms with E-state index in [4.69, 9.17) is 0 Å². The molecule has 3 atom stereocenters. The van der Waals surface area contributed by atoms with Crippen molar-refractivity contribution >= 4 is 23.6 Å². The molecule has 5 nitrogen and oxygen atoms in total. The summed E-state index contributed by atoms with van der Waals surface area (Å²) < 4.78 is 0. The zero-order valence-electron chi connectivity index (χ0n) is 12.7. The largest absolute Gasteiger partial charge is 0.340 e. The second kappa shape index (κ2) is 6.57. The summed E-state index contributed by atoms with van der Waals surface area (Å²) in [6.07, 6.45) is 2.52. The van der Waals surface area contributed by atoms with Gasteiger partial charge < -0.3 is 15.1 Å². The van der Waals surface area contributed by atoms with Crippen LogP contribution in [0.25, 0.3) is 0 Å². The van der Waals surface area contributed by atoms with Crippen LogP contribution in [-0.4, -0.2) is 65.5 Å². The van der Waals surface area contributed by atoms with Crippen LogP contribution < -0.4 is 5.32 Å². The maximum Gasteiger partial charge on any atom is 0.246 e. The minimum Gasteiger partial charge on any atom is -0.340 e. The Hall–Kier alpha value is -0.750. The second-order valence-electron chi connectivity index (χ2n) is 6.40. The van der Waals surface area contributed by atoms with Crippen LogP contribution in [0.2, 0.25) is 0 Å². The molecule has 118 valence electrons. The van der Waals surface area contributed by atoms with Gasteiger partial charge in [-0.1, -0.05) is 13.3 Å². The van der Waals surface area contributed by atoms with E-state index in [-0.39, 0.29) is 17.9 Å². The third-order valence-corrected chi connectivity index (χ3v) is 5.95. The molecule has 3 aliphatic heterocycles. The van der Waals surface area contributed by atoms with Gasteiger partial charge in [-0.05, 0) is 18.3 Å². The Morgan fingerprint density at radius 1 is 1.24 bits per heavy atom. The molecule has 0 aliphatic carbocycles. The summed E-state index contributed by atoms with van der Waals surface area (Å²) in [7, 11) is 0. The van der Waals surface area contributed by atoms with Crippen molar-refractivity contribution < 1.29 is 9.59 Å². The highest BCUT2D eigenvalue weighted by atomic mass is 32.2. The van der Waals surface area contributed by atoms with Crippen LogP contribution in [0.1, 0.15) is 26.2 Å². The number of hydrogen-bond donors (Lipinski definition) is 1. The number of carbonyl (C=O) groups excluding carboxylic acids is 2. The number of fused-ring (bicyclic) bond motifs is 1. The minimum absolute atomic E-state index is 0.154. The number of nitrogens with zero attached hydrogens (tertiary/aromatic N) is 2. The summed E-state index contributed by atoms with van der Waals surface area (Å²) in [6.45, 7) is 5.90. The molecular formula is C15H25N3O2S. The van der Waals surface area contributed by atoms with Gasteiger partial charge in [0, 0.05) is 38.4 Å². The Labute approximate surface area is 130 Å². The Morgan fingerprint density at radius 2 is 1.95 bits per heavy atom. The summed E-state index contributed by atoms with van der Waals surface area (Å²) in [5.41, 5.74) is 0. The number of amides is 2. The average Bonchev–Trinajstić information content (AvgIpc) is 3.17. The van der Waals surface area contributed by atoms with Gasteiger partial charge in [-0.3, -0.25) is 9.59 Å². The third kappa shape index (κ3) is 3.06. The number of unbranched alkanes of at least 4 members (excludes halogenated alkanes) is 1. The average molecular weight is 311 g/mol. The van der Waals surface area contributed by atoms with E-state index in [0.29, 0.717) is 24.1 Å². The number of likely N-dealkylation sites (tertiary alicyclic amines) is 1. The highest BCUT2D eigenvalue weighted by Gasteiger charge is 2.43. The van der Waals surface area contributed by atoms with E-state index in [2.05, 4.69) is 12.2 Å². The van der Waals surface area contributed by atoms with E-state index in [1.165, 1.54) is 0 Å². The van der Waals surface area contributed by atoms with Gasteiger partial charge in [0.1, 0.15) is 6.04 Å². The predicted molar refractivity (Wildman–Crippen MR) is 83.9 cm³/mol. The first-order valence-corrected chi connectivity index (χ1v) is 9.23. The molecule has 6 heteroatoms. The minimum atomic E-state index is -0.217. The molecule has 0 radical (unpaired) electrons. The lowest BCUT2D eigenvalue weighted by molar-refractivity contribution is -0.143. The molecular weight excluding hydrogens is 286 g/mol. The van der Waals surface area contributed by atoms with Gasteiger partial charge in [0.25, 0.3) is 0 Å². The van der Waals surface area contributed by atoms with E-state index in [9.17, 15) is 9.59 Å². The standard InChI is InChI=1S/C15H25N3O2S/c1-2-3-4-14(19)18-10-21-9-13(18)15(20)17-7-11-5-16-6-12(11)8-17/h11-13,16H,2-10H2,1H3/t11-,12+,13?. The summed E-state index contributed by atoms with van der Waals surface area (Å²) >= 11 is 1.71. The van der Waals surface area contributed by atoms with Crippen molar-refractivity contribution in [3.63, 3.8) is 0 Å². The molecule has 3 fully saturated rings. The van der Waals surface area contributed by atoms with Gasteiger partial charge in [-0.25, -0.2) is 0 Å². The van der Waals surface area contributed by atoms with Crippen molar-refractivity contribution in [1.82, 2.24) is 15.1 Å². The molecule has 0 aromatic heterocycles. The molecule has 1 N–H and O–H groups in total. The first-order valence-electron chi connectivity index (χ1n) is 8.07. The van der Waals surface area contributed by atoms with Crippen LogP contribution in [0.4, 0.5) is 0 Å².